The zero-order chi connectivity index (χ0) is 14.8. The minimum atomic E-state index is -0.204. The normalized spacial score (nSPS) is 30.5. The van der Waals surface area contributed by atoms with Gasteiger partial charge in [0, 0.05) is 11.6 Å². The molecule has 2 fully saturated rings. The van der Waals surface area contributed by atoms with Gasteiger partial charge in [-0.3, -0.25) is 14.5 Å². The van der Waals surface area contributed by atoms with Gasteiger partial charge in [0.05, 0.1) is 11.8 Å². The van der Waals surface area contributed by atoms with Gasteiger partial charge in [0.25, 0.3) is 0 Å². The molecular formula is C16H23ClN2O2. The van der Waals surface area contributed by atoms with Crippen molar-refractivity contribution in [3.63, 3.8) is 0 Å². The molecule has 5 heteroatoms. The lowest BCUT2D eigenvalue weighted by Crippen LogP contribution is -2.36. The molecule has 2 atom stereocenters. The number of halogens is 1. The average Bonchev–Trinajstić information content (AvgIpc) is 2.73. The number of hydrogen-bond donors (Lipinski definition) is 0. The van der Waals surface area contributed by atoms with Crippen LogP contribution in [0.3, 0.4) is 0 Å². The second-order valence-corrected chi connectivity index (χ2v) is 6.87. The predicted molar refractivity (Wildman–Crippen MR) is 81.8 cm³/mol. The molecule has 1 aliphatic carbocycles. The molecule has 0 aromatic carbocycles. The second kappa shape index (κ2) is 6.49. The zero-order valence-electron chi connectivity index (χ0n) is 12.4. The number of fused-ring (bicyclic) bond motifs is 1. The number of likely N-dealkylation sites (tertiary alicyclic amines) is 2. The van der Waals surface area contributed by atoms with Crippen molar-refractivity contribution in [2.75, 3.05) is 26.2 Å². The molecule has 2 heterocycles. The zero-order valence-corrected chi connectivity index (χ0v) is 13.1. The first kappa shape index (κ1) is 15.0. The summed E-state index contributed by atoms with van der Waals surface area (Å²) in [5, 5.41) is 0.729. The maximum atomic E-state index is 12.4. The molecule has 4 nitrogen and oxygen atoms in total. The van der Waals surface area contributed by atoms with Gasteiger partial charge in [-0.1, -0.05) is 24.1 Å². The van der Waals surface area contributed by atoms with E-state index in [1.54, 1.807) is 0 Å². The Morgan fingerprint density at radius 2 is 1.76 bits per heavy atom. The van der Waals surface area contributed by atoms with E-state index < -0.39 is 0 Å². The van der Waals surface area contributed by atoms with Gasteiger partial charge in [-0.2, -0.15) is 0 Å². The molecule has 0 N–H and O–H groups in total. The molecule has 0 aromatic rings. The molecule has 2 amide bonds. The van der Waals surface area contributed by atoms with Gasteiger partial charge in [-0.25, -0.2) is 0 Å². The number of imide groups is 1. The largest absolute Gasteiger partial charge is 0.303 e. The molecule has 116 valence electrons. The highest BCUT2D eigenvalue weighted by atomic mass is 35.5. The number of allylic oxidation sites excluding steroid dienone is 2. The van der Waals surface area contributed by atoms with Crippen molar-refractivity contribution in [1.82, 2.24) is 9.80 Å². The Morgan fingerprint density at radius 1 is 1.05 bits per heavy atom. The highest BCUT2D eigenvalue weighted by Gasteiger charge is 2.47. The van der Waals surface area contributed by atoms with Crippen molar-refractivity contribution >= 4 is 23.4 Å². The number of nitrogens with zero attached hydrogens (tertiary/aromatic N) is 2. The van der Waals surface area contributed by atoms with Crippen molar-refractivity contribution in [2.24, 2.45) is 11.8 Å². The summed E-state index contributed by atoms with van der Waals surface area (Å²) in [5.74, 6) is -0.348. The van der Waals surface area contributed by atoms with E-state index >= 15 is 0 Å². The van der Waals surface area contributed by atoms with E-state index in [9.17, 15) is 9.59 Å². The smallest absolute Gasteiger partial charge is 0.233 e. The van der Waals surface area contributed by atoms with Crippen LogP contribution in [0.4, 0.5) is 0 Å². The van der Waals surface area contributed by atoms with Crippen LogP contribution >= 0.6 is 11.6 Å². The number of hydrogen-bond acceptors (Lipinski definition) is 3. The number of carbonyl (C=O) groups is 2. The standard InChI is InChI=1S/C16H23ClN2O2/c17-12-5-6-13-14(11-12)16(21)19(15(13)20)10-4-9-18-7-2-1-3-8-18/h5,13-14H,1-4,6-11H2/t13-,14+/m1/s1. The molecule has 21 heavy (non-hydrogen) atoms. The van der Waals surface area contributed by atoms with E-state index in [0.29, 0.717) is 19.4 Å². The van der Waals surface area contributed by atoms with Crippen LogP contribution in [0.2, 0.25) is 0 Å². The summed E-state index contributed by atoms with van der Waals surface area (Å²) in [6.07, 6.45) is 7.82. The highest BCUT2D eigenvalue weighted by Crippen LogP contribution is 2.38. The van der Waals surface area contributed by atoms with Gasteiger partial charge in [0.2, 0.25) is 11.8 Å². The molecule has 0 radical (unpaired) electrons. The van der Waals surface area contributed by atoms with E-state index in [1.165, 1.54) is 24.2 Å². The van der Waals surface area contributed by atoms with E-state index in [-0.39, 0.29) is 23.7 Å². The molecule has 0 bridgehead atoms. The van der Waals surface area contributed by atoms with Crippen molar-refractivity contribution in [2.45, 2.75) is 38.5 Å². The van der Waals surface area contributed by atoms with Gasteiger partial charge in [-0.15, -0.1) is 0 Å². The van der Waals surface area contributed by atoms with E-state index in [1.807, 2.05) is 6.08 Å². The fourth-order valence-electron chi connectivity index (χ4n) is 3.75. The van der Waals surface area contributed by atoms with Gasteiger partial charge in [0.15, 0.2) is 0 Å². The average molecular weight is 311 g/mol. The van der Waals surface area contributed by atoms with Gasteiger partial charge < -0.3 is 4.90 Å². The quantitative estimate of drug-likeness (QED) is 0.749. The minimum absolute atomic E-state index is 0.00473. The molecule has 0 aromatic heterocycles. The van der Waals surface area contributed by atoms with Crippen molar-refractivity contribution in [3.05, 3.63) is 11.1 Å². The molecule has 3 rings (SSSR count). The van der Waals surface area contributed by atoms with Gasteiger partial charge in [-0.05, 0) is 51.7 Å². The monoisotopic (exact) mass is 310 g/mol. The Hall–Kier alpha value is -0.870. The summed E-state index contributed by atoms with van der Waals surface area (Å²) in [6, 6.07) is 0. The van der Waals surface area contributed by atoms with E-state index in [2.05, 4.69) is 4.90 Å². The lowest BCUT2D eigenvalue weighted by atomic mass is 9.85. The van der Waals surface area contributed by atoms with Crippen LogP contribution in [0.1, 0.15) is 38.5 Å². The molecule has 0 unspecified atom stereocenters. The summed E-state index contributed by atoms with van der Waals surface area (Å²) in [7, 11) is 0. The third-order valence-corrected chi connectivity index (χ3v) is 5.27. The Balaban J connectivity index is 1.52. The van der Waals surface area contributed by atoms with Crippen molar-refractivity contribution in [3.8, 4) is 0 Å². The maximum Gasteiger partial charge on any atom is 0.233 e. The Labute approximate surface area is 131 Å². The van der Waals surface area contributed by atoms with E-state index in [0.717, 1.165) is 31.1 Å². The third kappa shape index (κ3) is 3.16. The van der Waals surface area contributed by atoms with Gasteiger partial charge >= 0.3 is 0 Å². The highest BCUT2D eigenvalue weighted by molar-refractivity contribution is 6.30. The Morgan fingerprint density at radius 3 is 2.52 bits per heavy atom. The molecule has 2 aliphatic heterocycles. The van der Waals surface area contributed by atoms with Crippen LogP contribution < -0.4 is 0 Å². The second-order valence-electron chi connectivity index (χ2n) is 6.39. The van der Waals surface area contributed by atoms with Crippen LogP contribution in [-0.4, -0.2) is 47.8 Å². The molecule has 0 saturated carbocycles. The minimum Gasteiger partial charge on any atom is -0.303 e. The van der Waals surface area contributed by atoms with Crippen LogP contribution in [0, 0.1) is 11.8 Å². The summed E-state index contributed by atoms with van der Waals surface area (Å²) in [5.41, 5.74) is 0. The Kier molecular flexibility index (Phi) is 4.65. The summed E-state index contributed by atoms with van der Waals surface area (Å²) < 4.78 is 0. The van der Waals surface area contributed by atoms with Crippen molar-refractivity contribution < 1.29 is 9.59 Å². The number of piperidine rings is 1. The topological polar surface area (TPSA) is 40.6 Å². The summed E-state index contributed by atoms with van der Waals surface area (Å²) in [6.45, 7) is 3.88. The van der Waals surface area contributed by atoms with E-state index in [4.69, 9.17) is 11.6 Å². The predicted octanol–water partition coefficient (Wildman–Crippen LogP) is 2.38. The fraction of sp³-hybridized carbons (Fsp3) is 0.750. The van der Waals surface area contributed by atoms with Crippen molar-refractivity contribution in [1.29, 1.82) is 0 Å². The SMILES string of the molecule is O=C1[C@H]2CC(Cl)=CC[C@H]2C(=O)N1CCCN1CCCCC1. The molecule has 2 saturated heterocycles. The third-order valence-electron chi connectivity index (χ3n) is 4.97. The Bertz CT molecular complexity index is 457. The fourth-order valence-corrected chi connectivity index (χ4v) is 4.01. The summed E-state index contributed by atoms with van der Waals surface area (Å²) >= 11 is 6.02. The first-order valence-electron chi connectivity index (χ1n) is 8.09. The first-order chi connectivity index (χ1) is 10.2. The van der Waals surface area contributed by atoms with Crippen LogP contribution in [0.5, 0.6) is 0 Å². The lowest BCUT2D eigenvalue weighted by molar-refractivity contribution is -0.140. The van der Waals surface area contributed by atoms with Gasteiger partial charge in [0.1, 0.15) is 0 Å². The summed E-state index contributed by atoms with van der Waals surface area (Å²) in [4.78, 5) is 28.7. The first-order valence-corrected chi connectivity index (χ1v) is 8.46. The molecular weight excluding hydrogens is 288 g/mol. The van der Waals surface area contributed by atoms with Crippen LogP contribution in [0.15, 0.2) is 11.1 Å². The maximum absolute atomic E-state index is 12.4. The molecule has 0 spiro atoms. The molecule has 3 aliphatic rings. The number of amides is 2. The number of carbonyl (C=O) groups excluding carboxylic acids is 2. The van der Waals surface area contributed by atoms with Crippen LogP contribution in [-0.2, 0) is 9.59 Å². The lowest BCUT2D eigenvalue weighted by Gasteiger charge is -2.27. The van der Waals surface area contributed by atoms with Crippen LogP contribution in [0.25, 0.3) is 0 Å². The number of rotatable bonds is 4.